The topological polar surface area (TPSA) is 127 Å². The Morgan fingerprint density at radius 2 is 1.36 bits per heavy atom. The van der Waals surface area contributed by atoms with E-state index in [1.54, 1.807) is 0 Å². The van der Waals surface area contributed by atoms with Gasteiger partial charge in [-0.25, -0.2) is 0 Å². The van der Waals surface area contributed by atoms with Crippen molar-refractivity contribution in [2.75, 3.05) is 6.54 Å². The third-order valence-corrected chi connectivity index (χ3v) is 5.22. The van der Waals surface area contributed by atoms with E-state index in [1.807, 2.05) is 0 Å². The number of nitrogens with two attached hydrogens (primary N) is 1. The van der Waals surface area contributed by atoms with Gasteiger partial charge in [-0.15, -0.1) is 0 Å². The number of amides is 2. The molecule has 0 heterocycles. The summed E-state index contributed by atoms with van der Waals surface area (Å²) in [7, 11) is -4.64. The van der Waals surface area contributed by atoms with Crippen molar-refractivity contribution in [1.29, 1.82) is 0 Å². The molecule has 148 valence electrons. The summed E-state index contributed by atoms with van der Waals surface area (Å²) in [4.78, 5) is 22.6. The molecule has 1 atom stereocenters. The lowest BCUT2D eigenvalue weighted by atomic mass is 10.1. The highest BCUT2D eigenvalue weighted by Gasteiger charge is 2.32. The maximum Gasteiger partial charge on any atom is 0.277 e. The highest BCUT2D eigenvalue weighted by atomic mass is 32.2. The summed E-state index contributed by atoms with van der Waals surface area (Å²) < 4.78 is 31.2. The Morgan fingerprint density at radius 3 is 1.76 bits per heavy atom. The fourth-order valence-corrected chi connectivity index (χ4v) is 3.36. The van der Waals surface area contributed by atoms with Crippen LogP contribution < -0.4 is 11.1 Å². The first-order chi connectivity index (χ1) is 11.8. The highest BCUT2D eigenvalue weighted by Crippen LogP contribution is 2.11. The van der Waals surface area contributed by atoms with Crippen LogP contribution in [0.3, 0.4) is 0 Å². The first kappa shape index (κ1) is 23.9. The fourth-order valence-electron chi connectivity index (χ4n) is 2.63. The van der Waals surface area contributed by atoms with Crippen molar-refractivity contribution in [3.05, 3.63) is 0 Å². The molecular formula is C17H34N2O5S. The molecule has 7 nitrogen and oxygen atoms in total. The smallest absolute Gasteiger partial charge is 0.277 e. The van der Waals surface area contributed by atoms with E-state index in [9.17, 15) is 18.0 Å². The second-order valence-electron chi connectivity index (χ2n) is 6.50. The molecule has 0 aliphatic heterocycles. The largest absolute Gasteiger partial charge is 0.370 e. The van der Waals surface area contributed by atoms with Gasteiger partial charge >= 0.3 is 0 Å². The summed E-state index contributed by atoms with van der Waals surface area (Å²) in [6.07, 6.45) is 12.2. The summed E-state index contributed by atoms with van der Waals surface area (Å²) in [6.45, 7) is 2.53. The van der Waals surface area contributed by atoms with Crippen LogP contribution in [0, 0.1) is 0 Å². The number of unbranched alkanes of at least 4 members (excludes halogenated alkanes) is 10. The third-order valence-electron chi connectivity index (χ3n) is 4.12. The molecule has 0 aliphatic rings. The van der Waals surface area contributed by atoms with Crippen molar-refractivity contribution in [2.24, 2.45) is 5.73 Å². The molecule has 0 saturated carbocycles. The SMILES string of the molecule is CCCCCCCCCCCCCNC(=O)C(CC(N)=O)S(=O)(=O)O. The molecule has 0 saturated heterocycles. The molecule has 1 unspecified atom stereocenters. The van der Waals surface area contributed by atoms with Gasteiger partial charge in [0.1, 0.15) is 0 Å². The van der Waals surface area contributed by atoms with E-state index < -0.39 is 33.6 Å². The minimum absolute atomic E-state index is 0.320. The van der Waals surface area contributed by atoms with Crippen LogP contribution in [0.5, 0.6) is 0 Å². The average Bonchev–Trinajstić information content (AvgIpc) is 2.52. The van der Waals surface area contributed by atoms with Crippen LogP contribution >= 0.6 is 0 Å². The second kappa shape index (κ2) is 14.1. The van der Waals surface area contributed by atoms with Crippen LogP contribution in [0.4, 0.5) is 0 Å². The van der Waals surface area contributed by atoms with Crippen molar-refractivity contribution in [3.8, 4) is 0 Å². The predicted octanol–water partition coefficient (Wildman–Crippen LogP) is 2.55. The van der Waals surface area contributed by atoms with Crippen LogP contribution in [0.1, 0.15) is 84.0 Å². The molecule has 4 N–H and O–H groups in total. The van der Waals surface area contributed by atoms with Crippen molar-refractivity contribution in [2.45, 2.75) is 89.2 Å². The minimum atomic E-state index is -4.64. The number of carbonyl (C=O) groups is 2. The van der Waals surface area contributed by atoms with Gasteiger partial charge in [-0.05, 0) is 6.42 Å². The lowest BCUT2D eigenvalue weighted by Gasteiger charge is -2.12. The average molecular weight is 379 g/mol. The number of hydrogen-bond acceptors (Lipinski definition) is 4. The molecule has 25 heavy (non-hydrogen) atoms. The minimum Gasteiger partial charge on any atom is -0.370 e. The molecule has 0 rings (SSSR count). The van der Waals surface area contributed by atoms with E-state index >= 15 is 0 Å². The van der Waals surface area contributed by atoms with Crippen LogP contribution in [0.2, 0.25) is 0 Å². The molecule has 0 aromatic carbocycles. The van der Waals surface area contributed by atoms with Gasteiger partial charge in [0.15, 0.2) is 5.25 Å². The monoisotopic (exact) mass is 378 g/mol. The number of carbonyl (C=O) groups excluding carboxylic acids is 2. The summed E-state index contributed by atoms with van der Waals surface area (Å²) in [5, 5.41) is 0.618. The molecule has 8 heteroatoms. The van der Waals surface area contributed by atoms with E-state index in [2.05, 4.69) is 12.2 Å². The number of rotatable bonds is 16. The summed E-state index contributed by atoms with van der Waals surface area (Å²) >= 11 is 0. The van der Waals surface area contributed by atoms with Gasteiger partial charge in [0.05, 0.1) is 6.42 Å². The standard InChI is InChI=1S/C17H34N2O5S/c1-2-3-4-5-6-7-8-9-10-11-12-13-19-17(21)15(14-16(18)20)25(22,23)24/h15H,2-14H2,1H3,(H2,18,20)(H,19,21)(H,22,23,24). The highest BCUT2D eigenvalue weighted by molar-refractivity contribution is 7.87. The summed E-state index contributed by atoms with van der Waals surface area (Å²) in [5.74, 6) is -1.83. The van der Waals surface area contributed by atoms with Gasteiger partial charge in [-0.2, -0.15) is 8.42 Å². The Kier molecular flexibility index (Phi) is 13.4. The number of nitrogens with one attached hydrogen (secondary N) is 1. The van der Waals surface area contributed by atoms with Crippen LogP contribution in [0.15, 0.2) is 0 Å². The molecular weight excluding hydrogens is 344 g/mol. The van der Waals surface area contributed by atoms with Gasteiger partial charge in [-0.3, -0.25) is 14.1 Å². The molecule has 0 spiro atoms. The molecule has 0 aromatic heterocycles. The van der Waals surface area contributed by atoms with Crippen LogP contribution in [-0.2, 0) is 19.7 Å². The molecule has 0 radical (unpaired) electrons. The molecule has 0 fully saturated rings. The predicted molar refractivity (Wildman–Crippen MR) is 98.6 cm³/mol. The number of primary amides is 1. The first-order valence-corrected chi connectivity index (χ1v) is 10.8. The van der Waals surface area contributed by atoms with Crippen LogP contribution in [-0.4, -0.2) is 36.6 Å². The Balaban J connectivity index is 3.69. The van der Waals surface area contributed by atoms with E-state index in [0.29, 0.717) is 6.54 Å². The van der Waals surface area contributed by atoms with E-state index in [-0.39, 0.29) is 0 Å². The third kappa shape index (κ3) is 13.8. The van der Waals surface area contributed by atoms with Crippen molar-refractivity contribution in [3.63, 3.8) is 0 Å². The van der Waals surface area contributed by atoms with E-state index in [0.717, 1.165) is 25.7 Å². The second-order valence-corrected chi connectivity index (χ2v) is 8.10. The Morgan fingerprint density at radius 1 is 0.920 bits per heavy atom. The first-order valence-electron chi connectivity index (χ1n) is 9.31. The maximum absolute atomic E-state index is 11.7. The molecule has 0 bridgehead atoms. The Hall–Kier alpha value is -1.15. The van der Waals surface area contributed by atoms with Gasteiger partial charge < -0.3 is 11.1 Å². The molecule has 0 aromatic rings. The molecule has 0 aliphatic carbocycles. The van der Waals surface area contributed by atoms with E-state index in [4.69, 9.17) is 10.3 Å². The normalized spacial score (nSPS) is 12.7. The maximum atomic E-state index is 11.7. The zero-order valence-electron chi connectivity index (χ0n) is 15.3. The summed E-state index contributed by atoms with van der Waals surface area (Å²) in [5.41, 5.74) is 4.90. The van der Waals surface area contributed by atoms with Gasteiger partial charge in [0.25, 0.3) is 10.1 Å². The number of hydrogen-bond donors (Lipinski definition) is 3. The van der Waals surface area contributed by atoms with Crippen molar-refractivity contribution >= 4 is 21.9 Å². The lowest BCUT2D eigenvalue weighted by Crippen LogP contribution is -2.42. The Bertz CT molecular complexity index is 479. The zero-order chi connectivity index (χ0) is 19.1. The fraction of sp³-hybridized carbons (Fsp3) is 0.882. The van der Waals surface area contributed by atoms with Gasteiger partial charge in [0, 0.05) is 6.54 Å². The quantitative estimate of drug-likeness (QED) is 0.281. The van der Waals surface area contributed by atoms with Crippen molar-refractivity contribution < 1.29 is 22.6 Å². The van der Waals surface area contributed by atoms with E-state index in [1.165, 1.54) is 44.9 Å². The lowest BCUT2D eigenvalue weighted by molar-refractivity contribution is -0.124. The van der Waals surface area contributed by atoms with Gasteiger partial charge in [0.2, 0.25) is 11.8 Å². The van der Waals surface area contributed by atoms with Gasteiger partial charge in [-0.1, -0.05) is 71.1 Å². The van der Waals surface area contributed by atoms with Crippen LogP contribution in [0.25, 0.3) is 0 Å². The Labute approximate surface area is 151 Å². The summed E-state index contributed by atoms with van der Waals surface area (Å²) in [6, 6.07) is 0. The molecule has 2 amide bonds. The van der Waals surface area contributed by atoms with Crippen molar-refractivity contribution in [1.82, 2.24) is 5.32 Å². The zero-order valence-corrected chi connectivity index (χ0v) is 16.2.